The van der Waals surface area contributed by atoms with Crippen LogP contribution in [0.25, 0.3) is 0 Å². The molecule has 0 bridgehead atoms. The number of aromatic nitrogens is 3. The molecule has 0 aliphatic rings. The first kappa shape index (κ1) is 16.2. The van der Waals surface area contributed by atoms with Crippen LogP contribution in [0.2, 0.25) is 5.15 Å². The monoisotopic (exact) mass is 323 g/mol. The Kier molecular flexibility index (Phi) is 4.65. The lowest BCUT2D eigenvalue weighted by atomic mass is 9.88. The molecule has 2 heterocycles. The number of rotatable bonds is 4. The molecule has 118 valence electrons. The molecule has 0 atom stereocenters. The standard InChI is InChI=1S/C14H18ClN5O2/c1-5-8-6-10(20-22-8)13(21)19-17-11-7-9(14(2,3)4)12(15)18-16-11/h6-7H,5H2,1-4H3,(H,16,17)(H,19,21). The van der Waals surface area contributed by atoms with Crippen LogP contribution >= 0.6 is 11.6 Å². The van der Waals surface area contributed by atoms with E-state index in [2.05, 4.69) is 26.2 Å². The lowest BCUT2D eigenvalue weighted by Crippen LogP contribution is -2.30. The second kappa shape index (κ2) is 6.31. The molecule has 0 saturated heterocycles. The number of hydrazine groups is 1. The third-order valence-corrected chi connectivity index (χ3v) is 3.28. The Labute approximate surface area is 133 Å². The predicted octanol–water partition coefficient (Wildman–Crippen LogP) is 2.73. The van der Waals surface area contributed by atoms with Gasteiger partial charge in [0.25, 0.3) is 5.91 Å². The maximum atomic E-state index is 11.9. The van der Waals surface area contributed by atoms with Crippen LogP contribution in [0.15, 0.2) is 16.7 Å². The van der Waals surface area contributed by atoms with Crippen LogP contribution in [0.5, 0.6) is 0 Å². The summed E-state index contributed by atoms with van der Waals surface area (Å²) in [7, 11) is 0. The van der Waals surface area contributed by atoms with Gasteiger partial charge >= 0.3 is 0 Å². The number of hydrogen-bond acceptors (Lipinski definition) is 6. The molecule has 0 unspecified atom stereocenters. The van der Waals surface area contributed by atoms with E-state index in [1.807, 2.05) is 27.7 Å². The number of aryl methyl sites for hydroxylation is 1. The number of carbonyl (C=O) groups excluding carboxylic acids is 1. The van der Waals surface area contributed by atoms with Gasteiger partial charge in [0.15, 0.2) is 16.7 Å². The summed E-state index contributed by atoms with van der Waals surface area (Å²) in [5.74, 6) is 0.617. The molecular weight excluding hydrogens is 306 g/mol. The van der Waals surface area contributed by atoms with Crippen LogP contribution in [0, 0.1) is 0 Å². The van der Waals surface area contributed by atoms with Crippen LogP contribution in [0.4, 0.5) is 5.82 Å². The van der Waals surface area contributed by atoms with Gasteiger partial charge in [-0.05, 0) is 11.5 Å². The Morgan fingerprint density at radius 3 is 2.64 bits per heavy atom. The Morgan fingerprint density at radius 1 is 1.32 bits per heavy atom. The van der Waals surface area contributed by atoms with Gasteiger partial charge in [-0.3, -0.25) is 15.6 Å². The van der Waals surface area contributed by atoms with Crippen LogP contribution in [-0.4, -0.2) is 21.3 Å². The summed E-state index contributed by atoms with van der Waals surface area (Å²) in [6.07, 6.45) is 0.672. The SMILES string of the molecule is CCc1cc(C(=O)NNc2cc(C(C)(C)C)c(Cl)nn2)no1. The van der Waals surface area contributed by atoms with Crippen molar-refractivity contribution in [3.63, 3.8) is 0 Å². The van der Waals surface area contributed by atoms with Crippen LogP contribution in [0.3, 0.4) is 0 Å². The minimum Gasteiger partial charge on any atom is -0.361 e. The molecule has 0 spiro atoms. The molecule has 22 heavy (non-hydrogen) atoms. The van der Waals surface area contributed by atoms with Crippen molar-refractivity contribution in [1.29, 1.82) is 0 Å². The highest BCUT2D eigenvalue weighted by Crippen LogP contribution is 2.28. The van der Waals surface area contributed by atoms with E-state index >= 15 is 0 Å². The van der Waals surface area contributed by atoms with E-state index in [9.17, 15) is 4.79 Å². The minimum absolute atomic E-state index is 0.185. The third-order valence-electron chi connectivity index (χ3n) is 3.00. The zero-order valence-corrected chi connectivity index (χ0v) is 13.7. The fraction of sp³-hybridized carbons (Fsp3) is 0.429. The highest BCUT2D eigenvalue weighted by atomic mass is 35.5. The Bertz CT molecular complexity index is 678. The van der Waals surface area contributed by atoms with E-state index in [1.54, 1.807) is 12.1 Å². The molecule has 2 N–H and O–H groups in total. The average molecular weight is 324 g/mol. The van der Waals surface area contributed by atoms with Gasteiger partial charge in [-0.2, -0.15) is 0 Å². The highest BCUT2D eigenvalue weighted by Gasteiger charge is 2.20. The maximum absolute atomic E-state index is 11.9. The molecule has 0 aliphatic heterocycles. The molecule has 2 aromatic rings. The number of halogens is 1. The van der Waals surface area contributed by atoms with Crippen molar-refractivity contribution in [2.24, 2.45) is 0 Å². The quantitative estimate of drug-likeness (QED) is 0.840. The van der Waals surface area contributed by atoms with Gasteiger partial charge in [-0.25, -0.2) is 0 Å². The number of anilines is 1. The highest BCUT2D eigenvalue weighted by molar-refractivity contribution is 6.30. The zero-order chi connectivity index (χ0) is 16.3. The Morgan fingerprint density at radius 2 is 2.05 bits per heavy atom. The number of hydrogen-bond donors (Lipinski definition) is 2. The second-order valence-electron chi connectivity index (χ2n) is 5.80. The van der Waals surface area contributed by atoms with Crippen molar-refractivity contribution < 1.29 is 9.32 Å². The van der Waals surface area contributed by atoms with Crippen LogP contribution in [0.1, 0.15) is 49.5 Å². The van der Waals surface area contributed by atoms with Crippen molar-refractivity contribution in [3.8, 4) is 0 Å². The molecular formula is C14H18ClN5O2. The lowest BCUT2D eigenvalue weighted by molar-refractivity contribution is 0.0953. The summed E-state index contributed by atoms with van der Waals surface area (Å²) in [5.41, 5.74) is 6.03. The molecule has 8 heteroatoms. The van der Waals surface area contributed by atoms with E-state index in [0.717, 1.165) is 5.56 Å². The predicted molar refractivity (Wildman–Crippen MR) is 82.7 cm³/mol. The van der Waals surface area contributed by atoms with E-state index in [4.69, 9.17) is 16.1 Å². The first-order valence-corrected chi connectivity index (χ1v) is 7.24. The van der Waals surface area contributed by atoms with Gasteiger partial charge < -0.3 is 4.52 Å². The summed E-state index contributed by atoms with van der Waals surface area (Å²) in [4.78, 5) is 11.9. The number of amides is 1. The van der Waals surface area contributed by atoms with E-state index in [-0.39, 0.29) is 11.1 Å². The summed E-state index contributed by atoms with van der Waals surface area (Å²) >= 11 is 6.05. The Hall–Kier alpha value is -2.15. The summed E-state index contributed by atoms with van der Waals surface area (Å²) in [6, 6.07) is 3.33. The van der Waals surface area contributed by atoms with E-state index in [1.165, 1.54) is 0 Å². The zero-order valence-electron chi connectivity index (χ0n) is 12.9. The smallest absolute Gasteiger partial charge is 0.291 e. The fourth-order valence-corrected chi connectivity index (χ4v) is 2.11. The van der Waals surface area contributed by atoms with Gasteiger partial charge in [-0.1, -0.05) is 44.5 Å². The average Bonchev–Trinajstić information content (AvgIpc) is 2.94. The lowest BCUT2D eigenvalue weighted by Gasteiger charge is -2.20. The second-order valence-corrected chi connectivity index (χ2v) is 6.15. The van der Waals surface area contributed by atoms with E-state index < -0.39 is 5.91 Å². The molecule has 2 rings (SSSR count). The van der Waals surface area contributed by atoms with Crippen LogP contribution in [-0.2, 0) is 11.8 Å². The normalized spacial score (nSPS) is 11.3. The molecule has 0 aromatic carbocycles. The molecule has 0 fully saturated rings. The first-order chi connectivity index (χ1) is 10.3. The molecule has 1 amide bonds. The summed E-state index contributed by atoms with van der Waals surface area (Å²) < 4.78 is 4.98. The molecule has 2 aromatic heterocycles. The topological polar surface area (TPSA) is 92.9 Å². The summed E-state index contributed by atoms with van der Waals surface area (Å²) in [5, 5.41) is 11.8. The number of nitrogens with zero attached hydrogens (tertiary/aromatic N) is 3. The number of carbonyl (C=O) groups is 1. The molecule has 7 nitrogen and oxygen atoms in total. The first-order valence-electron chi connectivity index (χ1n) is 6.87. The van der Waals surface area contributed by atoms with Gasteiger partial charge in [0.2, 0.25) is 0 Å². The van der Waals surface area contributed by atoms with Crippen molar-refractivity contribution in [2.45, 2.75) is 39.5 Å². The summed E-state index contributed by atoms with van der Waals surface area (Å²) in [6.45, 7) is 7.96. The van der Waals surface area contributed by atoms with Crippen LogP contribution < -0.4 is 10.9 Å². The van der Waals surface area contributed by atoms with Gasteiger partial charge in [0.1, 0.15) is 5.76 Å². The number of nitrogens with one attached hydrogen (secondary N) is 2. The maximum Gasteiger partial charge on any atom is 0.291 e. The molecule has 0 radical (unpaired) electrons. The van der Waals surface area contributed by atoms with Gasteiger partial charge in [0.05, 0.1) is 0 Å². The van der Waals surface area contributed by atoms with Crippen molar-refractivity contribution in [2.75, 3.05) is 5.43 Å². The Balaban J connectivity index is 2.07. The fourth-order valence-electron chi connectivity index (χ4n) is 1.74. The molecule has 0 aliphatic carbocycles. The third kappa shape index (κ3) is 3.73. The van der Waals surface area contributed by atoms with Crippen molar-refractivity contribution in [3.05, 3.63) is 34.3 Å². The molecule has 0 saturated carbocycles. The largest absolute Gasteiger partial charge is 0.361 e. The van der Waals surface area contributed by atoms with Gasteiger partial charge in [-0.15, -0.1) is 10.2 Å². The van der Waals surface area contributed by atoms with Crippen molar-refractivity contribution in [1.82, 2.24) is 20.8 Å². The minimum atomic E-state index is -0.419. The van der Waals surface area contributed by atoms with Gasteiger partial charge in [0, 0.05) is 18.1 Å². The van der Waals surface area contributed by atoms with E-state index in [0.29, 0.717) is 23.2 Å². The van der Waals surface area contributed by atoms with Crippen molar-refractivity contribution >= 4 is 23.3 Å².